The van der Waals surface area contributed by atoms with Crippen LogP contribution in [0.4, 0.5) is 5.69 Å². The van der Waals surface area contributed by atoms with Gasteiger partial charge in [0.15, 0.2) is 0 Å². The van der Waals surface area contributed by atoms with E-state index in [1.165, 1.54) is 6.20 Å². The summed E-state index contributed by atoms with van der Waals surface area (Å²) in [7, 11) is 0. The third kappa shape index (κ3) is 4.13. The van der Waals surface area contributed by atoms with Crippen molar-refractivity contribution in [2.75, 3.05) is 18.4 Å². The number of nitriles is 1. The molecule has 0 aliphatic carbocycles. The Hall–Kier alpha value is -2.81. The molecule has 2 rings (SSSR count). The number of nitrogens with zero attached hydrogens (tertiary/aromatic N) is 2. The third-order valence-corrected chi connectivity index (χ3v) is 4.25. The molecule has 1 amide bonds. The fourth-order valence-corrected chi connectivity index (χ4v) is 2.76. The fraction of sp³-hybridized carbons (Fsp3) is 0.389. The maximum Gasteiger partial charge on any atom is 0.306 e. The van der Waals surface area contributed by atoms with Crippen LogP contribution in [0.15, 0.2) is 36.0 Å². The van der Waals surface area contributed by atoms with E-state index in [1.807, 2.05) is 37.3 Å². The monoisotopic (exact) mass is 327 g/mol. The molecule has 6 heteroatoms. The van der Waals surface area contributed by atoms with Crippen LogP contribution >= 0.6 is 0 Å². The minimum absolute atomic E-state index is 0.0229. The average Bonchev–Trinajstić information content (AvgIpc) is 2.62. The molecule has 1 heterocycles. The van der Waals surface area contributed by atoms with Gasteiger partial charge in [0.05, 0.1) is 5.92 Å². The maximum atomic E-state index is 12.4. The summed E-state index contributed by atoms with van der Waals surface area (Å²) in [4.78, 5) is 24.9. The Balaban J connectivity index is 2.04. The summed E-state index contributed by atoms with van der Waals surface area (Å²) in [5, 5.41) is 21.3. The predicted octanol–water partition coefficient (Wildman–Crippen LogP) is 2.39. The van der Waals surface area contributed by atoms with E-state index in [2.05, 4.69) is 5.32 Å². The molecule has 2 N–H and O–H groups in total. The van der Waals surface area contributed by atoms with Gasteiger partial charge >= 0.3 is 5.97 Å². The second-order valence-corrected chi connectivity index (χ2v) is 5.73. The van der Waals surface area contributed by atoms with E-state index in [0.29, 0.717) is 25.9 Å². The van der Waals surface area contributed by atoms with Crippen LogP contribution in [-0.4, -0.2) is 35.0 Å². The zero-order valence-electron chi connectivity index (χ0n) is 13.7. The first-order chi connectivity index (χ1) is 11.6. The Morgan fingerprint density at radius 1 is 1.38 bits per heavy atom. The molecule has 0 unspecified atom stereocenters. The number of carbonyl (C=O) groups excluding carboxylic acids is 1. The number of benzene rings is 1. The number of piperidine rings is 1. The molecule has 126 valence electrons. The number of aliphatic carboxylic acids is 1. The molecule has 0 atom stereocenters. The van der Waals surface area contributed by atoms with Gasteiger partial charge in [-0.2, -0.15) is 5.26 Å². The highest BCUT2D eigenvalue weighted by Gasteiger charge is 2.28. The van der Waals surface area contributed by atoms with Gasteiger partial charge in [0.25, 0.3) is 5.91 Å². The van der Waals surface area contributed by atoms with E-state index >= 15 is 0 Å². The average molecular weight is 327 g/mol. The van der Waals surface area contributed by atoms with Crippen LogP contribution in [0.1, 0.15) is 25.3 Å². The number of carboxylic acid groups (broad SMARTS) is 1. The maximum absolute atomic E-state index is 12.4. The largest absolute Gasteiger partial charge is 0.481 e. The van der Waals surface area contributed by atoms with Crippen molar-refractivity contribution in [1.29, 1.82) is 5.26 Å². The number of hydrogen-bond donors (Lipinski definition) is 2. The zero-order chi connectivity index (χ0) is 17.5. The van der Waals surface area contributed by atoms with Crippen LogP contribution in [0.5, 0.6) is 0 Å². The first kappa shape index (κ1) is 17.5. The number of carbonyl (C=O) groups is 2. The Bertz CT molecular complexity index is 683. The third-order valence-electron chi connectivity index (χ3n) is 4.25. The summed E-state index contributed by atoms with van der Waals surface area (Å²) >= 11 is 0. The lowest BCUT2D eigenvalue weighted by molar-refractivity contribution is -0.145. The summed E-state index contributed by atoms with van der Waals surface area (Å²) in [5.41, 5.74) is 1.99. The number of hydrogen-bond acceptors (Lipinski definition) is 4. The van der Waals surface area contributed by atoms with Gasteiger partial charge in [0, 0.05) is 25.0 Å². The van der Waals surface area contributed by atoms with Crippen LogP contribution in [0, 0.1) is 17.2 Å². The predicted molar refractivity (Wildman–Crippen MR) is 90.1 cm³/mol. The molecule has 1 fully saturated rings. The van der Waals surface area contributed by atoms with Crippen molar-refractivity contribution < 1.29 is 14.7 Å². The molecule has 1 saturated heterocycles. The van der Waals surface area contributed by atoms with Crippen LogP contribution in [0.2, 0.25) is 0 Å². The molecule has 24 heavy (non-hydrogen) atoms. The number of para-hydroxylation sites is 1. The lowest BCUT2D eigenvalue weighted by Crippen LogP contribution is -2.40. The fourth-order valence-electron chi connectivity index (χ4n) is 2.76. The molecule has 1 aromatic rings. The number of rotatable bonds is 5. The van der Waals surface area contributed by atoms with Gasteiger partial charge in [-0.3, -0.25) is 9.59 Å². The minimum Gasteiger partial charge on any atom is -0.481 e. The SMILES string of the molecule is CCc1ccccc1N/C=C(/C#N)C(=O)N1CCC(C(=O)O)CC1. The molecule has 1 aromatic carbocycles. The van der Waals surface area contributed by atoms with Crippen molar-refractivity contribution >= 4 is 17.6 Å². The van der Waals surface area contributed by atoms with Crippen LogP contribution in [0.25, 0.3) is 0 Å². The zero-order valence-corrected chi connectivity index (χ0v) is 13.7. The smallest absolute Gasteiger partial charge is 0.306 e. The van der Waals surface area contributed by atoms with Crippen molar-refractivity contribution in [2.24, 2.45) is 5.92 Å². The van der Waals surface area contributed by atoms with E-state index in [4.69, 9.17) is 5.11 Å². The normalized spacial score (nSPS) is 15.7. The summed E-state index contributed by atoms with van der Waals surface area (Å²) in [6, 6.07) is 9.64. The number of nitrogens with one attached hydrogen (secondary N) is 1. The number of carboxylic acids is 1. The quantitative estimate of drug-likeness (QED) is 0.640. The van der Waals surface area contributed by atoms with Gasteiger partial charge in [-0.1, -0.05) is 25.1 Å². The molecule has 0 spiro atoms. The molecular formula is C18H21N3O3. The lowest BCUT2D eigenvalue weighted by atomic mass is 9.97. The van der Waals surface area contributed by atoms with Gasteiger partial charge in [-0.25, -0.2) is 0 Å². The second kappa shape index (κ2) is 8.16. The minimum atomic E-state index is -0.823. The van der Waals surface area contributed by atoms with Crippen molar-refractivity contribution in [3.63, 3.8) is 0 Å². The van der Waals surface area contributed by atoms with Crippen LogP contribution < -0.4 is 5.32 Å². The van der Waals surface area contributed by atoms with E-state index in [9.17, 15) is 14.9 Å². The summed E-state index contributed by atoms with van der Waals surface area (Å²) in [6.45, 7) is 2.76. The number of amides is 1. The lowest BCUT2D eigenvalue weighted by Gasteiger charge is -2.29. The van der Waals surface area contributed by atoms with Crippen molar-refractivity contribution in [1.82, 2.24) is 4.90 Å². The molecule has 0 aromatic heterocycles. The number of likely N-dealkylation sites (tertiary alicyclic amines) is 1. The molecule has 1 aliphatic rings. The molecular weight excluding hydrogens is 306 g/mol. The Kier molecular flexibility index (Phi) is 5.96. The van der Waals surface area contributed by atoms with Gasteiger partial charge in [-0.15, -0.1) is 0 Å². The van der Waals surface area contributed by atoms with E-state index in [0.717, 1.165) is 17.7 Å². The summed E-state index contributed by atoms with van der Waals surface area (Å²) in [5.74, 6) is -1.59. The van der Waals surface area contributed by atoms with E-state index in [-0.39, 0.29) is 11.5 Å². The first-order valence-corrected chi connectivity index (χ1v) is 8.03. The molecule has 0 radical (unpaired) electrons. The van der Waals surface area contributed by atoms with E-state index in [1.54, 1.807) is 4.90 Å². The van der Waals surface area contributed by atoms with E-state index < -0.39 is 11.9 Å². The number of aryl methyl sites for hydroxylation is 1. The summed E-state index contributed by atoms with van der Waals surface area (Å²) < 4.78 is 0. The van der Waals surface area contributed by atoms with Crippen molar-refractivity contribution in [3.05, 3.63) is 41.6 Å². The van der Waals surface area contributed by atoms with Gasteiger partial charge in [0.1, 0.15) is 11.6 Å². The Labute approximate surface area is 141 Å². The van der Waals surface area contributed by atoms with Crippen LogP contribution in [0.3, 0.4) is 0 Å². The van der Waals surface area contributed by atoms with Gasteiger partial charge in [-0.05, 0) is 30.9 Å². The van der Waals surface area contributed by atoms with Crippen molar-refractivity contribution in [3.8, 4) is 6.07 Å². The Morgan fingerprint density at radius 3 is 2.62 bits per heavy atom. The highest BCUT2D eigenvalue weighted by molar-refractivity contribution is 5.97. The molecule has 0 bridgehead atoms. The Morgan fingerprint density at radius 2 is 2.04 bits per heavy atom. The standard InChI is InChI=1S/C18H21N3O3/c1-2-13-5-3-4-6-16(13)20-12-15(11-19)17(22)21-9-7-14(8-10-21)18(23)24/h3-6,12,14,20H,2,7-10H2,1H3,(H,23,24)/b15-12-. The topological polar surface area (TPSA) is 93.4 Å². The van der Waals surface area contributed by atoms with Crippen LogP contribution in [-0.2, 0) is 16.0 Å². The van der Waals surface area contributed by atoms with Gasteiger partial charge < -0.3 is 15.3 Å². The molecule has 1 aliphatic heterocycles. The second-order valence-electron chi connectivity index (χ2n) is 5.73. The van der Waals surface area contributed by atoms with Crippen molar-refractivity contribution in [2.45, 2.75) is 26.2 Å². The highest BCUT2D eigenvalue weighted by atomic mass is 16.4. The molecule has 0 saturated carbocycles. The number of anilines is 1. The summed E-state index contributed by atoms with van der Waals surface area (Å²) in [6.07, 6.45) is 3.12. The molecule has 6 nitrogen and oxygen atoms in total. The highest BCUT2D eigenvalue weighted by Crippen LogP contribution is 2.20. The first-order valence-electron chi connectivity index (χ1n) is 8.03. The van der Waals surface area contributed by atoms with Gasteiger partial charge in [0.2, 0.25) is 0 Å².